The Morgan fingerprint density at radius 2 is 1.06 bits per heavy atom. The van der Waals surface area contributed by atoms with Gasteiger partial charge in [-0.3, -0.25) is 0 Å². The predicted octanol–water partition coefficient (Wildman–Crippen LogP) is 10.4. The number of fused-ring (bicyclic) bond motifs is 4. The molecule has 0 saturated heterocycles. The first-order valence-corrected chi connectivity index (χ1v) is 14.3. The van der Waals surface area contributed by atoms with Gasteiger partial charge in [-0.15, -0.1) is 22.7 Å². The maximum atomic E-state index is 3.69. The third-order valence-electron chi connectivity index (χ3n) is 7.57. The molecule has 2 aliphatic carbocycles. The summed E-state index contributed by atoms with van der Waals surface area (Å²) in [6.45, 7) is 9.31. The second-order valence-corrected chi connectivity index (χ2v) is 14.3. The van der Waals surface area contributed by atoms with Crippen LogP contribution in [0.25, 0.3) is 31.3 Å². The second kappa shape index (κ2) is 7.66. The normalized spacial score (nSPS) is 15.6. The minimum Gasteiger partial charge on any atom is -0.128 e. The molecule has 0 radical (unpaired) electrons. The molecule has 2 aromatic carbocycles. The minimum absolute atomic E-state index is 1.11. The van der Waals surface area contributed by atoms with E-state index in [2.05, 4.69) is 83.8 Å². The van der Waals surface area contributed by atoms with Crippen molar-refractivity contribution in [1.82, 2.24) is 0 Å². The molecule has 0 saturated carbocycles. The third kappa shape index (κ3) is 3.17. The lowest BCUT2D eigenvalue weighted by Gasteiger charge is -2.13. The van der Waals surface area contributed by atoms with Gasteiger partial charge in [0.2, 0.25) is 0 Å². The van der Waals surface area contributed by atoms with E-state index in [1.807, 2.05) is 22.7 Å². The number of allylic oxidation sites excluding steroid dienone is 4. The zero-order valence-corrected chi connectivity index (χ0v) is 23.5. The van der Waals surface area contributed by atoms with Crippen molar-refractivity contribution in [2.24, 2.45) is 0 Å². The first kappa shape index (κ1) is 21.3. The van der Waals surface area contributed by atoms with Crippen LogP contribution in [0.5, 0.6) is 0 Å². The van der Waals surface area contributed by atoms with Gasteiger partial charge in [-0.2, -0.15) is 0 Å². The lowest BCUT2D eigenvalue weighted by Crippen LogP contribution is -1.92. The summed E-state index contributed by atoms with van der Waals surface area (Å²) in [5.74, 6) is 0. The molecule has 2 aromatic heterocycles. The van der Waals surface area contributed by atoms with Crippen molar-refractivity contribution in [2.45, 2.75) is 53.4 Å². The highest BCUT2D eigenvalue weighted by Gasteiger charge is 2.26. The van der Waals surface area contributed by atoms with Crippen LogP contribution >= 0.6 is 54.5 Å². The van der Waals surface area contributed by atoms with Crippen molar-refractivity contribution in [3.8, 4) is 0 Å². The van der Waals surface area contributed by atoms with Crippen LogP contribution in [0.15, 0.2) is 43.0 Å². The van der Waals surface area contributed by atoms with Gasteiger partial charge in [-0.05, 0) is 165 Å². The molecule has 0 aliphatic heterocycles. The summed E-state index contributed by atoms with van der Waals surface area (Å²) in [7, 11) is 0. The fourth-order valence-corrected chi connectivity index (χ4v) is 9.13. The van der Waals surface area contributed by atoms with Gasteiger partial charge in [0.25, 0.3) is 0 Å². The third-order valence-corrected chi connectivity index (χ3v) is 10.7. The Morgan fingerprint density at radius 1 is 0.656 bits per heavy atom. The van der Waals surface area contributed by atoms with E-state index in [4.69, 9.17) is 0 Å². The summed E-state index contributed by atoms with van der Waals surface area (Å²) in [6.07, 6.45) is 4.48. The number of hydrogen-bond acceptors (Lipinski definition) is 2. The van der Waals surface area contributed by atoms with E-state index in [-0.39, 0.29) is 0 Å². The van der Waals surface area contributed by atoms with Gasteiger partial charge in [0, 0.05) is 9.40 Å². The Morgan fingerprint density at radius 3 is 1.47 bits per heavy atom. The van der Waals surface area contributed by atoms with Gasteiger partial charge in [-0.25, -0.2) is 0 Å². The number of halogens is 2. The van der Waals surface area contributed by atoms with Crippen molar-refractivity contribution in [3.05, 3.63) is 76.4 Å². The van der Waals surface area contributed by atoms with E-state index in [0.29, 0.717) is 0 Å². The van der Waals surface area contributed by atoms with Crippen LogP contribution in [0, 0.1) is 13.8 Å². The highest BCUT2D eigenvalue weighted by Crippen LogP contribution is 2.47. The molecule has 0 atom stereocenters. The van der Waals surface area contributed by atoms with E-state index in [0.717, 1.165) is 25.7 Å². The Hall–Kier alpha value is -1.20. The van der Waals surface area contributed by atoms with E-state index >= 15 is 0 Å². The van der Waals surface area contributed by atoms with Crippen LogP contribution in [0.1, 0.15) is 60.1 Å². The summed E-state index contributed by atoms with van der Waals surface area (Å²) in [5, 5.41) is 2.83. The van der Waals surface area contributed by atoms with Gasteiger partial charge in [0.05, 0.1) is 7.57 Å². The predicted molar refractivity (Wildman–Crippen MR) is 150 cm³/mol. The zero-order valence-electron chi connectivity index (χ0n) is 18.7. The molecule has 2 aliphatic rings. The topological polar surface area (TPSA) is 0 Å². The highest BCUT2D eigenvalue weighted by molar-refractivity contribution is 9.11. The van der Waals surface area contributed by atoms with Crippen molar-refractivity contribution in [2.75, 3.05) is 0 Å². The molecule has 32 heavy (non-hydrogen) atoms. The van der Waals surface area contributed by atoms with Gasteiger partial charge >= 0.3 is 0 Å². The quantitative estimate of drug-likeness (QED) is 0.225. The number of aryl methyl sites for hydroxylation is 2. The maximum Gasteiger partial charge on any atom is 0.0711 e. The first-order chi connectivity index (χ1) is 15.3. The monoisotopic (exact) mass is 582 g/mol. The van der Waals surface area contributed by atoms with E-state index in [9.17, 15) is 0 Å². The van der Waals surface area contributed by atoms with Crippen LogP contribution in [-0.4, -0.2) is 0 Å². The molecule has 0 amide bonds. The van der Waals surface area contributed by atoms with E-state index in [1.54, 1.807) is 33.4 Å². The molecule has 0 fully saturated rings. The summed E-state index contributed by atoms with van der Waals surface area (Å²) in [5.41, 5.74) is 15.3. The molecule has 0 bridgehead atoms. The van der Waals surface area contributed by atoms with Crippen molar-refractivity contribution in [3.63, 3.8) is 0 Å². The van der Waals surface area contributed by atoms with Gasteiger partial charge < -0.3 is 0 Å². The first-order valence-electron chi connectivity index (χ1n) is 11.1. The van der Waals surface area contributed by atoms with Crippen LogP contribution in [-0.2, 0) is 12.8 Å². The maximum absolute atomic E-state index is 3.69. The number of thiophene rings is 2. The average Bonchev–Trinajstić information content (AvgIpc) is 3.46. The fraction of sp³-hybridized carbons (Fsp3) is 0.286. The van der Waals surface area contributed by atoms with E-state index < -0.39 is 0 Å². The van der Waals surface area contributed by atoms with Crippen LogP contribution < -0.4 is 0 Å². The second-order valence-electron chi connectivity index (χ2n) is 9.35. The van der Waals surface area contributed by atoms with Crippen molar-refractivity contribution in [1.29, 1.82) is 0 Å². The van der Waals surface area contributed by atoms with Gasteiger partial charge in [0.15, 0.2) is 0 Å². The molecule has 0 nitrogen and oxygen atoms in total. The molecular weight excluding hydrogens is 560 g/mol. The molecule has 0 spiro atoms. The fourth-order valence-electron chi connectivity index (χ4n) is 5.86. The SMILES string of the molecule is CC1=C(CCC2=C(C)Cc3c2cc2sc(Br)cc2c3C)c2cc3sc(Br)cc3c(C)c2C1. The number of hydrogen-bond donors (Lipinski definition) is 0. The molecule has 4 heteroatoms. The standard InChI is InChI=1S/C28H24Br2S2/c1-13-7-19-15(3)21-11-27(29)31-25(21)9-23(19)17(13)5-6-18-14(2)8-20-16(4)22-12-28(30)32-26(22)10-24(18)20/h9-12H,5-8H2,1-4H3. The summed E-state index contributed by atoms with van der Waals surface area (Å²) in [4.78, 5) is 0. The Balaban J connectivity index is 1.36. The summed E-state index contributed by atoms with van der Waals surface area (Å²) in [6, 6.07) is 9.50. The number of rotatable bonds is 3. The molecule has 0 N–H and O–H groups in total. The largest absolute Gasteiger partial charge is 0.128 e. The number of benzene rings is 2. The Bertz CT molecular complexity index is 1410. The zero-order chi connectivity index (χ0) is 22.3. The summed E-state index contributed by atoms with van der Waals surface area (Å²) >= 11 is 11.1. The Labute approximate surface area is 214 Å². The molecule has 2 heterocycles. The lowest BCUT2D eigenvalue weighted by atomic mass is 9.92. The van der Waals surface area contributed by atoms with Gasteiger partial charge in [-0.1, -0.05) is 11.1 Å². The smallest absolute Gasteiger partial charge is 0.0711 e. The Kier molecular flexibility index (Phi) is 5.11. The van der Waals surface area contributed by atoms with Crippen LogP contribution in [0.4, 0.5) is 0 Å². The van der Waals surface area contributed by atoms with E-state index in [1.165, 1.54) is 50.0 Å². The molecule has 6 rings (SSSR count). The lowest BCUT2D eigenvalue weighted by molar-refractivity contribution is 1.07. The molecule has 162 valence electrons. The molecule has 0 unspecified atom stereocenters. The van der Waals surface area contributed by atoms with Crippen molar-refractivity contribution >= 4 is 85.9 Å². The average molecular weight is 584 g/mol. The van der Waals surface area contributed by atoms with Crippen LogP contribution in [0.3, 0.4) is 0 Å². The molecule has 4 aromatic rings. The molecular formula is C28H24Br2S2. The van der Waals surface area contributed by atoms with Gasteiger partial charge in [0.1, 0.15) is 0 Å². The highest BCUT2D eigenvalue weighted by atomic mass is 79.9. The minimum atomic E-state index is 1.11. The van der Waals surface area contributed by atoms with Crippen molar-refractivity contribution < 1.29 is 0 Å². The summed E-state index contributed by atoms with van der Waals surface area (Å²) < 4.78 is 5.27. The van der Waals surface area contributed by atoms with Crippen LogP contribution in [0.2, 0.25) is 0 Å².